The molecule has 0 bridgehead atoms. The Labute approximate surface area is 148 Å². The quantitative estimate of drug-likeness (QED) is 0.798. The van der Waals surface area contributed by atoms with Crippen molar-refractivity contribution >= 4 is 11.6 Å². The summed E-state index contributed by atoms with van der Waals surface area (Å²) in [6.07, 6.45) is 0. The molecule has 1 amide bonds. The normalized spacial score (nSPS) is 10.4. The van der Waals surface area contributed by atoms with Crippen LogP contribution in [0.2, 0.25) is 0 Å². The van der Waals surface area contributed by atoms with E-state index in [9.17, 15) is 4.79 Å². The lowest BCUT2D eigenvalue weighted by Gasteiger charge is -2.19. The van der Waals surface area contributed by atoms with Gasteiger partial charge >= 0.3 is 0 Å². The van der Waals surface area contributed by atoms with Crippen LogP contribution in [0.4, 0.5) is 5.69 Å². The highest BCUT2D eigenvalue weighted by Gasteiger charge is 2.13. The largest absolute Gasteiger partial charge is 0.497 e. The number of hydrogen-bond acceptors (Lipinski definition) is 5. The van der Waals surface area contributed by atoms with Crippen LogP contribution in [0.1, 0.15) is 5.56 Å². The zero-order valence-electron chi connectivity index (χ0n) is 15.0. The molecule has 0 atom stereocenters. The number of benzene rings is 2. The van der Waals surface area contributed by atoms with Crippen LogP contribution in [0.15, 0.2) is 42.5 Å². The van der Waals surface area contributed by atoms with Gasteiger partial charge < -0.3 is 19.5 Å². The zero-order valence-corrected chi connectivity index (χ0v) is 15.0. The lowest BCUT2D eigenvalue weighted by molar-refractivity contribution is -0.117. The first-order valence-corrected chi connectivity index (χ1v) is 7.89. The van der Waals surface area contributed by atoms with Gasteiger partial charge in [0, 0.05) is 23.9 Å². The van der Waals surface area contributed by atoms with E-state index in [1.165, 1.54) is 0 Å². The van der Waals surface area contributed by atoms with Crippen LogP contribution in [-0.4, -0.2) is 45.7 Å². The monoisotopic (exact) mass is 344 g/mol. The highest BCUT2D eigenvalue weighted by atomic mass is 16.5. The van der Waals surface area contributed by atoms with Gasteiger partial charge in [-0.25, -0.2) is 0 Å². The Balaban J connectivity index is 1.97. The van der Waals surface area contributed by atoms with E-state index in [0.29, 0.717) is 29.5 Å². The summed E-state index contributed by atoms with van der Waals surface area (Å²) in [5.74, 6) is 1.96. The van der Waals surface area contributed by atoms with E-state index in [1.807, 2.05) is 48.3 Å². The molecule has 0 saturated carbocycles. The fraction of sp³-hybridized carbons (Fsp3) is 0.316. The maximum Gasteiger partial charge on any atom is 0.238 e. The lowest BCUT2D eigenvalue weighted by atomic mass is 10.1. The van der Waals surface area contributed by atoms with E-state index in [0.717, 1.165) is 5.56 Å². The molecule has 6 heteroatoms. The topological polar surface area (TPSA) is 60.0 Å². The molecule has 0 saturated heterocycles. The molecule has 0 radical (unpaired) electrons. The van der Waals surface area contributed by atoms with Gasteiger partial charge in [0.05, 0.1) is 27.9 Å². The van der Waals surface area contributed by atoms with Gasteiger partial charge in [0.25, 0.3) is 0 Å². The molecular weight excluding hydrogens is 320 g/mol. The molecule has 2 rings (SSSR count). The number of likely N-dealkylation sites (N-methyl/N-ethyl adjacent to an activating group) is 1. The summed E-state index contributed by atoms with van der Waals surface area (Å²) in [4.78, 5) is 14.2. The average Bonchev–Trinajstić information content (AvgIpc) is 2.61. The number of carbonyl (C=O) groups excluding carboxylic acids is 1. The first-order chi connectivity index (χ1) is 12.1. The maximum absolute atomic E-state index is 12.2. The van der Waals surface area contributed by atoms with Crippen LogP contribution in [-0.2, 0) is 11.3 Å². The van der Waals surface area contributed by atoms with Crippen LogP contribution in [0.3, 0.4) is 0 Å². The standard InChI is InChI=1S/C19H24N2O4/c1-21(12-14-7-5-10-17(24-3)19(14)25-4)13-18(22)20-15-8-6-9-16(11-15)23-2/h5-11H,12-13H2,1-4H3,(H,20,22). The van der Waals surface area contributed by atoms with Gasteiger partial charge in [0.2, 0.25) is 5.91 Å². The number of anilines is 1. The number of nitrogens with zero attached hydrogens (tertiary/aromatic N) is 1. The van der Waals surface area contributed by atoms with Gasteiger partial charge in [0.1, 0.15) is 5.75 Å². The minimum atomic E-state index is -0.0994. The van der Waals surface area contributed by atoms with Crippen molar-refractivity contribution in [3.63, 3.8) is 0 Å². The van der Waals surface area contributed by atoms with Crippen molar-refractivity contribution in [2.24, 2.45) is 0 Å². The fourth-order valence-corrected chi connectivity index (χ4v) is 2.57. The molecule has 2 aromatic carbocycles. The smallest absolute Gasteiger partial charge is 0.238 e. The van der Waals surface area contributed by atoms with Gasteiger partial charge in [-0.1, -0.05) is 18.2 Å². The van der Waals surface area contributed by atoms with Crippen LogP contribution < -0.4 is 19.5 Å². The predicted molar refractivity (Wildman–Crippen MR) is 97.5 cm³/mol. The Bertz CT molecular complexity index is 718. The number of carbonyl (C=O) groups is 1. The van der Waals surface area contributed by atoms with Crippen LogP contribution in [0.25, 0.3) is 0 Å². The molecule has 134 valence electrons. The molecule has 0 aliphatic rings. The van der Waals surface area contributed by atoms with E-state index in [4.69, 9.17) is 14.2 Å². The molecule has 0 aromatic heterocycles. The predicted octanol–water partition coefficient (Wildman–Crippen LogP) is 2.78. The van der Waals surface area contributed by atoms with Crippen LogP contribution in [0.5, 0.6) is 17.2 Å². The first kappa shape index (κ1) is 18.6. The van der Waals surface area contributed by atoms with E-state index < -0.39 is 0 Å². The number of amides is 1. The highest BCUT2D eigenvalue weighted by molar-refractivity contribution is 5.92. The van der Waals surface area contributed by atoms with E-state index >= 15 is 0 Å². The molecule has 0 aliphatic heterocycles. The highest BCUT2D eigenvalue weighted by Crippen LogP contribution is 2.31. The van der Waals surface area contributed by atoms with Crippen LogP contribution in [0, 0.1) is 0 Å². The summed E-state index contributed by atoms with van der Waals surface area (Å²) in [5.41, 5.74) is 1.66. The molecule has 25 heavy (non-hydrogen) atoms. The number of ether oxygens (including phenoxy) is 3. The Kier molecular flexibility index (Phi) is 6.65. The molecule has 0 unspecified atom stereocenters. The van der Waals surface area contributed by atoms with Gasteiger partial charge in [-0.2, -0.15) is 0 Å². The molecule has 6 nitrogen and oxygen atoms in total. The van der Waals surface area contributed by atoms with Gasteiger partial charge in [0.15, 0.2) is 11.5 Å². The minimum absolute atomic E-state index is 0.0994. The summed E-state index contributed by atoms with van der Waals surface area (Å²) in [5, 5.41) is 2.87. The van der Waals surface area contributed by atoms with Crippen molar-refractivity contribution < 1.29 is 19.0 Å². The number of hydrogen-bond donors (Lipinski definition) is 1. The summed E-state index contributed by atoms with van der Waals surface area (Å²) in [6, 6.07) is 13.0. The fourth-order valence-electron chi connectivity index (χ4n) is 2.57. The second kappa shape index (κ2) is 8.94. The van der Waals surface area contributed by atoms with Crippen molar-refractivity contribution in [3.05, 3.63) is 48.0 Å². The molecule has 2 aromatic rings. The summed E-state index contributed by atoms with van der Waals surface area (Å²) in [6.45, 7) is 0.809. The molecule has 0 heterocycles. The van der Waals surface area contributed by atoms with E-state index in [-0.39, 0.29) is 12.5 Å². The van der Waals surface area contributed by atoms with Gasteiger partial charge in [-0.05, 0) is 25.2 Å². The maximum atomic E-state index is 12.2. The Morgan fingerprint density at radius 1 is 1.04 bits per heavy atom. The Hall–Kier alpha value is -2.73. The number of para-hydroxylation sites is 1. The molecule has 0 fully saturated rings. The third-order valence-electron chi connectivity index (χ3n) is 3.69. The lowest BCUT2D eigenvalue weighted by Crippen LogP contribution is -2.30. The number of rotatable bonds is 8. The zero-order chi connectivity index (χ0) is 18.2. The van der Waals surface area contributed by atoms with Crippen molar-refractivity contribution in [3.8, 4) is 17.2 Å². The first-order valence-electron chi connectivity index (χ1n) is 7.89. The molecule has 1 N–H and O–H groups in total. The molecular formula is C19H24N2O4. The van der Waals surface area contributed by atoms with Crippen molar-refractivity contribution in [1.29, 1.82) is 0 Å². The second-order valence-electron chi connectivity index (χ2n) is 5.61. The summed E-state index contributed by atoms with van der Waals surface area (Å²) >= 11 is 0. The van der Waals surface area contributed by atoms with E-state index in [2.05, 4.69) is 5.32 Å². The minimum Gasteiger partial charge on any atom is -0.497 e. The molecule has 0 aliphatic carbocycles. The Morgan fingerprint density at radius 2 is 1.80 bits per heavy atom. The van der Waals surface area contributed by atoms with Gasteiger partial charge in [-0.3, -0.25) is 9.69 Å². The van der Waals surface area contributed by atoms with Crippen molar-refractivity contribution in [1.82, 2.24) is 4.90 Å². The number of nitrogens with one attached hydrogen (secondary N) is 1. The third-order valence-corrected chi connectivity index (χ3v) is 3.69. The molecule has 0 spiro atoms. The SMILES string of the molecule is COc1cccc(NC(=O)CN(C)Cc2cccc(OC)c2OC)c1. The van der Waals surface area contributed by atoms with E-state index in [1.54, 1.807) is 27.4 Å². The van der Waals surface area contributed by atoms with Crippen LogP contribution >= 0.6 is 0 Å². The Morgan fingerprint density at radius 3 is 2.48 bits per heavy atom. The summed E-state index contributed by atoms with van der Waals surface area (Å²) < 4.78 is 15.9. The number of methoxy groups -OCH3 is 3. The van der Waals surface area contributed by atoms with Gasteiger partial charge in [-0.15, -0.1) is 0 Å². The van der Waals surface area contributed by atoms with Crippen molar-refractivity contribution in [2.45, 2.75) is 6.54 Å². The summed E-state index contributed by atoms with van der Waals surface area (Å²) in [7, 11) is 6.68. The van der Waals surface area contributed by atoms with Crippen molar-refractivity contribution in [2.75, 3.05) is 40.2 Å². The third kappa shape index (κ3) is 5.12. The second-order valence-corrected chi connectivity index (χ2v) is 5.61. The average molecular weight is 344 g/mol.